The van der Waals surface area contributed by atoms with Gasteiger partial charge in [-0.1, -0.05) is 0 Å². The third kappa shape index (κ3) is 1.06. The van der Waals surface area contributed by atoms with Gasteiger partial charge < -0.3 is 10.5 Å². The number of ether oxygens (including phenoxy) is 1. The number of hydrogen-bond donors (Lipinski definition) is 1. The fraction of sp³-hybridized carbons (Fsp3) is 0.143. The lowest BCUT2D eigenvalue weighted by Gasteiger charge is -2.03. The van der Waals surface area contributed by atoms with E-state index in [1.54, 1.807) is 0 Å². The van der Waals surface area contributed by atoms with Crippen molar-refractivity contribution in [2.75, 3.05) is 12.8 Å². The normalized spacial score (nSPS) is 10.4. The lowest BCUT2D eigenvalue weighted by Crippen LogP contribution is -2.11. The second kappa shape index (κ2) is 2.95. The van der Waals surface area contributed by atoms with Crippen LogP contribution in [0.1, 0.15) is 10.5 Å². The summed E-state index contributed by atoms with van der Waals surface area (Å²) in [6.07, 6.45) is 2.80. The Morgan fingerprint density at radius 3 is 3.14 bits per heavy atom. The number of nitrogens with two attached hydrogens (primary N) is 1. The molecule has 0 aliphatic rings. The molecule has 7 nitrogen and oxygen atoms in total. The topological polar surface area (TPSA) is 95.4 Å². The first-order chi connectivity index (χ1) is 6.74. The molecule has 2 N–H and O–H groups in total. The molecule has 0 radical (unpaired) electrons. The number of rotatable bonds is 1. The summed E-state index contributed by atoms with van der Waals surface area (Å²) in [6.45, 7) is 0. The van der Waals surface area contributed by atoms with E-state index in [1.165, 1.54) is 24.0 Å². The van der Waals surface area contributed by atoms with Crippen molar-refractivity contribution >= 4 is 17.4 Å². The van der Waals surface area contributed by atoms with Crippen molar-refractivity contribution in [1.29, 1.82) is 0 Å². The lowest BCUT2D eigenvalue weighted by atomic mass is 10.4. The molecule has 0 fully saturated rings. The Hall–Kier alpha value is -2.18. The number of aromatic nitrogens is 4. The summed E-state index contributed by atoms with van der Waals surface area (Å²) in [5.74, 6) is -0.419. The van der Waals surface area contributed by atoms with Crippen molar-refractivity contribution in [2.24, 2.45) is 0 Å². The van der Waals surface area contributed by atoms with E-state index in [-0.39, 0.29) is 11.5 Å². The van der Waals surface area contributed by atoms with Crippen LogP contribution in [0.15, 0.2) is 12.5 Å². The number of carbonyl (C=O) groups is 1. The van der Waals surface area contributed by atoms with Crippen LogP contribution in [-0.2, 0) is 4.74 Å². The minimum absolute atomic E-state index is 0.0554. The number of methoxy groups -OCH3 is 1. The van der Waals surface area contributed by atoms with Crippen molar-refractivity contribution in [3.63, 3.8) is 0 Å². The summed E-state index contributed by atoms with van der Waals surface area (Å²) in [5.41, 5.74) is 6.20. The van der Waals surface area contributed by atoms with Gasteiger partial charge in [-0.3, -0.25) is 4.40 Å². The van der Waals surface area contributed by atoms with Crippen molar-refractivity contribution in [3.05, 3.63) is 18.2 Å². The number of hydrogen-bond acceptors (Lipinski definition) is 6. The van der Waals surface area contributed by atoms with Crippen molar-refractivity contribution in [3.8, 4) is 0 Å². The molecule has 0 aliphatic carbocycles. The van der Waals surface area contributed by atoms with Crippen LogP contribution < -0.4 is 5.73 Å². The average molecular weight is 193 g/mol. The van der Waals surface area contributed by atoms with Crippen LogP contribution in [0, 0.1) is 0 Å². The van der Waals surface area contributed by atoms with Crippen molar-refractivity contribution < 1.29 is 9.53 Å². The van der Waals surface area contributed by atoms with E-state index in [2.05, 4.69) is 19.9 Å². The summed E-state index contributed by atoms with van der Waals surface area (Å²) in [7, 11) is 1.26. The number of anilines is 1. The van der Waals surface area contributed by atoms with E-state index in [4.69, 9.17) is 5.73 Å². The maximum absolute atomic E-state index is 11.2. The van der Waals surface area contributed by atoms with E-state index in [9.17, 15) is 4.79 Å². The fourth-order valence-electron chi connectivity index (χ4n) is 1.07. The van der Waals surface area contributed by atoms with E-state index in [1.807, 2.05) is 0 Å². The van der Waals surface area contributed by atoms with Gasteiger partial charge in [0, 0.05) is 0 Å². The molecule has 0 spiro atoms. The summed E-state index contributed by atoms with van der Waals surface area (Å²) in [5, 5.41) is 7.35. The maximum atomic E-state index is 11.2. The van der Waals surface area contributed by atoms with Crippen LogP contribution in [0.2, 0.25) is 0 Å². The fourth-order valence-corrected chi connectivity index (χ4v) is 1.07. The Kier molecular flexibility index (Phi) is 1.77. The van der Waals surface area contributed by atoms with Gasteiger partial charge in [-0.2, -0.15) is 0 Å². The van der Waals surface area contributed by atoms with Gasteiger partial charge in [-0.15, -0.1) is 10.2 Å². The van der Waals surface area contributed by atoms with Gasteiger partial charge in [0.05, 0.1) is 13.3 Å². The Morgan fingerprint density at radius 1 is 1.64 bits per heavy atom. The second-order valence-electron chi connectivity index (χ2n) is 2.54. The first kappa shape index (κ1) is 8.42. The number of nitrogen functional groups attached to an aromatic ring is 1. The van der Waals surface area contributed by atoms with Crippen molar-refractivity contribution in [2.45, 2.75) is 0 Å². The molecule has 0 aliphatic heterocycles. The quantitative estimate of drug-likeness (QED) is 0.613. The predicted molar refractivity (Wildman–Crippen MR) is 46.5 cm³/mol. The standard InChI is InChI=1S/C7H7N5O2/c1-14-7(13)5-6(8)12-3-10-11-4(12)2-9-5/h2-3H,8H2,1H3. The summed E-state index contributed by atoms with van der Waals surface area (Å²) < 4.78 is 5.96. The van der Waals surface area contributed by atoms with Crippen molar-refractivity contribution in [1.82, 2.24) is 19.6 Å². The van der Waals surface area contributed by atoms with Crippen LogP contribution >= 0.6 is 0 Å². The number of carbonyl (C=O) groups excluding carboxylic acids is 1. The molecule has 0 bridgehead atoms. The third-order valence-electron chi connectivity index (χ3n) is 1.76. The Labute approximate surface area is 78.5 Å². The molecule has 2 aromatic heterocycles. The van der Waals surface area contributed by atoms with E-state index in [0.717, 1.165) is 0 Å². The molecule has 0 saturated heterocycles. The zero-order valence-corrected chi connectivity index (χ0v) is 7.34. The molecule has 14 heavy (non-hydrogen) atoms. The van der Waals surface area contributed by atoms with Gasteiger partial charge in [0.15, 0.2) is 11.3 Å². The molecule has 0 atom stereocenters. The third-order valence-corrected chi connectivity index (χ3v) is 1.76. The van der Waals surface area contributed by atoms with E-state index in [0.29, 0.717) is 5.65 Å². The predicted octanol–water partition coefficient (Wildman–Crippen LogP) is -0.507. The van der Waals surface area contributed by atoms with Gasteiger partial charge in [0.25, 0.3) is 0 Å². The smallest absolute Gasteiger partial charge is 0.360 e. The van der Waals surface area contributed by atoms with Gasteiger partial charge in [-0.25, -0.2) is 9.78 Å². The SMILES string of the molecule is COC(=O)c1ncc2nncn2c1N. The first-order valence-electron chi connectivity index (χ1n) is 3.76. The Morgan fingerprint density at radius 2 is 2.43 bits per heavy atom. The molecule has 2 heterocycles. The Balaban J connectivity index is 2.67. The van der Waals surface area contributed by atoms with Crippen LogP contribution in [0.5, 0.6) is 0 Å². The summed E-state index contributed by atoms with van der Waals surface area (Å²) >= 11 is 0. The number of nitrogens with zero attached hydrogens (tertiary/aromatic N) is 4. The Bertz CT molecular complexity index is 492. The highest BCUT2D eigenvalue weighted by molar-refractivity contribution is 5.92. The van der Waals surface area contributed by atoms with Gasteiger partial charge in [0.2, 0.25) is 0 Å². The lowest BCUT2D eigenvalue weighted by molar-refractivity contribution is 0.0595. The van der Waals surface area contributed by atoms with Gasteiger partial charge in [-0.05, 0) is 0 Å². The molecule has 7 heteroatoms. The van der Waals surface area contributed by atoms with Crippen LogP contribution in [0.25, 0.3) is 5.65 Å². The molecular weight excluding hydrogens is 186 g/mol. The highest BCUT2D eigenvalue weighted by Gasteiger charge is 2.14. The summed E-state index contributed by atoms with van der Waals surface area (Å²) in [4.78, 5) is 15.0. The molecule has 72 valence electrons. The molecule has 2 aromatic rings. The first-order valence-corrected chi connectivity index (χ1v) is 3.76. The van der Waals surface area contributed by atoms with Crippen LogP contribution in [0.4, 0.5) is 5.82 Å². The second-order valence-corrected chi connectivity index (χ2v) is 2.54. The number of esters is 1. The largest absolute Gasteiger partial charge is 0.464 e. The van der Waals surface area contributed by atoms with Gasteiger partial charge >= 0.3 is 5.97 Å². The monoisotopic (exact) mass is 193 g/mol. The molecule has 0 saturated carbocycles. The molecule has 0 unspecified atom stereocenters. The average Bonchev–Trinajstić information content (AvgIpc) is 2.66. The molecular formula is C7H7N5O2. The van der Waals surface area contributed by atoms with Crippen LogP contribution in [-0.4, -0.2) is 32.7 Å². The summed E-state index contributed by atoms with van der Waals surface area (Å²) in [6, 6.07) is 0. The zero-order chi connectivity index (χ0) is 10.1. The highest BCUT2D eigenvalue weighted by atomic mass is 16.5. The van der Waals surface area contributed by atoms with E-state index < -0.39 is 5.97 Å². The maximum Gasteiger partial charge on any atom is 0.360 e. The molecule has 0 aromatic carbocycles. The number of fused-ring (bicyclic) bond motifs is 1. The highest BCUT2D eigenvalue weighted by Crippen LogP contribution is 2.10. The zero-order valence-electron chi connectivity index (χ0n) is 7.34. The molecule has 0 amide bonds. The van der Waals surface area contributed by atoms with Crippen LogP contribution in [0.3, 0.4) is 0 Å². The molecule has 2 rings (SSSR count). The van der Waals surface area contributed by atoms with E-state index >= 15 is 0 Å². The van der Waals surface area contributed by atoms with Gasteiger partial charge in [0.1, 0.15) is 12.1 Å². The minimum atomic E-state index is -0.585. The minimum Gasteiger partial charge on any atom is -0.464 e.